The van der Waals surface area contributed by atoms with Crippen LogP contribution in [0.25, 0.3) is 22.0 Å². The molecule has 100 valence electrons. The second kappa shape index (κ2) is 5.21. The van der Waals surface area contributed by atoms with E-state index in [1.165, 1.54) is 13.2 Å². The van der Waals surface area contributed by atoms with E-state index in [-0.39, 0.29) is 5.82 Å². The van der Waals surface area contributed by atoms with Crippen LogP contribution in [0, 0.1) is 5.82 Å². The number of benzene rings is 2. The van der Waals surface area contributed by atoms with Gasteiger partial charge in [-0.25, -0.2) is 9.37 Å². The Balaban J connectivity index is 2.28. The Morgan fingerprint density at radius 3 is 2.60 bits per heavy atom. The van der Waals surface area contributed by atoms with Gasteiger partial charge in [0.05, 0.1) is 12.6 Å². The van der Waals surface area contributed by atoms with Crippen molar-refractivity contribution in [1.29, 1.82) is 0 Å². The molecule has 20 heavy (non-hydrogen) atoms. The Morgan fingerprint density at radius 2 is 1.85 bits per heavy atom. The molecule has 0 amide bonds. The summed E-state index contributed by atoms with van der Waals surface area (Å²) in [5, 5.41) is 0.950. The van der Waals surface area contributed by atoms with Gasteiger partial charge in [-0.2, -0.15) is 0 Å². The van der Waals surface area contributed by atoms with Gasteiger partial charge in [0.2, 0.25) is 5.88 Å². The highest BCUT2D eigenvalue weighted by atomic mass is 79.9. The van der Waals surface area contributed by atoms with Crippen LogP contribution in [0.3, 0.4) is 0 Å². The monoisotopic (exact) mass is 331 g/mol. The largest absolute Gasteiger partial charge is 0.481 e. The summed E-state index contributed by atoms with van der Waals surface area (Å²) in [6, 6.07) is 14.5. The highest BCUT2D eigenvalue weighted by Crippen LogP contribution is 2.34. The first kappa shape index (κ1) is 13.1. The summed E-state index contributed by atoms with van der Waals surface area (Å²) in [6.45, 7) is 0. The van der Waals surface area contributed by atoms with Crippen LogP contribution in [-0.4, -0.2) is 12.1 Å². The zero-order valence-electron chi connectivity index (χ0n) is 10.7. The lowest BCUT2D eigenvalue weighted by atomic mass is 10.0. The van der Waals surface area contributed by atoms with Crippen LogP contribution in [-0.2, 0) is 0 Å². The maximum atomic E-state index is 14.1. The van der Waals surface area contributed by atoms with Gasteiger partial charge in [-0.05, 0) is 24.3 Å². The second-order valence-corrected chi connectivity index (χ2v) is 5.28. The van der Waals surface area contributed by atoms with E-state index in [1.807, 2.05) is 30.3 Å². The van der Waals surface area contributed by atoms with Crippen molar-refractivity contribution in [3.8, 4) is 17.0 Å². The summed E-state index contributed by atoms with van der Waals surface area (Å²) in [6.07, 6.45) is 0. The van der Waals surface area contributed by atoms with Gasteiger partial charge in [0, 0.05) is 21.0 Å². The van der Waals surface area contributed by atoms with Crippen LogP contribution in [0.15, 0.2) is 53.0 Å². The van der Waals surface area contributed by atoms with Crippen LogP contribution in [0.2, 0.25) is 0 Å². The molecule has 0 aliphatic rings. The SMILES string of the molecule is COc1nc2ccccc2cc1-c1ccc(Br)cc1F. The van der Waals surface area contributed by atoms with E-state index in [0.29, 0.717) is 21.5 Å². The average Bonchev–Trinajstić information content (AvgIpc) is 2.46. The van der Waals surface area contributed by atoms with Crippen molar-refractivity contribution in [1.82, 2.24) is 4.98 Å². The van der Waals surface area contributed by atoms with E-state index in [2.05, 4.69) is 20.9 Å². The third-order valence-electron chi connectivity index (χ3n) is 3.10. The Bertz CT molecular complexity index is 789. The van der Waals surface area contributed by atoms with E-state index in [9.17, 15) is 4.39 Å². The van der Waals surface area contributed by atoms with Crippen LogP contribution in [0.1, 0.15) is 0 Å². The van der Waals surface area contributed by atoms with Gasteiger partial charge in [-0.1, -0.05) is 40.2 Å². The van der Waals surface area contributed by atoms with Gasteiger partial charge in [-0.15, -0.1) is 0 Å². The molecule has 3 aromatic rings. The van der Waals surface area contributed by atoms with Gasteiger partial charge in [0.15, 0.2) is 0 Å². The van der Waals surface area contributed by atoms with Crippen LogP contribution >= 0.6 is 15.9 Å². The van der Waals surface area contributed by atoms with Gasteiger partial charge in [-0.3, -0.25) is 0 Å². The van der Waals surface area contributed by atoms with Crippen LogP contribution < -0.4 is 4.74 Å². The van der Waals surface area contributed by atoms with Crippen molar-refractivity contribution in [3.05, 3.63) is 58.8 Å². The van der Waals surface area contributed by atoms with E-state index in [0.717, 1.165) is 10.9 Å². The van der Waals surface area contributed by atoms with Gasteiger partial charge >= 0.3 is 0 Å². The number of hydrogen-bond donors (Lipinski definition) is 0. The minimum Gasteiger partial charge on any atom is -0.481 e. The average molecular weight is 332 g/mol. The van der Waals surface area contributed by atoms with Gasteiger partial charge in [0.25, 0.3) is 0 Å². The van der Waals surface area contributed by atoms with E-state index in [4.69, 9.17) is 4.74 Å². The maximum absolute atomic E-state index is 14.1. The predicted molar refractivity (Wildman–Crippen MR) is 81.4 cm³/mol. The van der Waals surface area contributed by atoms with Crippen molar-refractivity contribution in [2.75, 3.05) is 7.11 Å². The number of hydrogen-bond acceptors (Lipinski definition) is 2. The molecule has 0 saturated carbocycles. The highest BCUT2D eigenvalue weighted by molar-refractivity contribution is 9.10. The molecule has 1 heterocycles. The molecule has 1 aromatic heterocycles. The quantitative estimate of drug-likeness (QED) is 0.672. The molecule has 0 aliphatic carbocycles. The third-order valence-corrected chi connectivity index (χ3v) is 3.60. The molecule has 2 aromatic carbocycles. The standard InChI is InChI=1S/C16H11BrFNO/c1-20-16-13(12-7-6-11(17)9-14(12)18)8-10-4-2-3-5-15(10)19-16/h2-9H,1H3. The summed E-state index contributed by atoms with van der Waals surface area (Å²) in [5.74, 6) is 0.111. The first-order valence-electron chi connectivity index (χ1n) is 6.08. The number of aromatic nitrogens is 1. The first-order valence-corrected chi connectivity index (χ1v) is 6.87. The Morgan fingerprint density at radius 1 is 1.05 bits per heavy atom. The van der Waals surface area contributed by atoms with Crippen molar-refractivity contribution < 1.29 is 9.13 Å². The molecule has 0 radical (unpaired) electrons. The molecule has 3 rings (SSSR count). The Labute approximate surface area is 124 Å². The number of halogens is 2. The summed E-state index contributed by atoms with van der Waals surface area (Å²) >= 11 is 3.26. The minimum absolute atomic E-state index is 0.310. The number of methoxy groups -OCH3 is 1. The van der Waals surface area contributed by atoms with E-state index < -0.39 is 0 Å². The lowest BCUT2D eigenvalue weighted by Gasteiger charge is -2.10. The maximum Gasteiger partial charge on any atom is 0.221 e. The number of pyridine rings is 1. The smallest absolute Gasteiger partial charge is 0.221 e. The molecule has 0 N–H and O–H groups in total. The second-order valence-electron chi connectivity index (χ2n) is 4.36. The topological polar surface area (TPSA) is 22.1 Å². The van der Waals surface area contributed by atoms with Crippen molar-refractivity contribution in [2.45, 2.75) is 0 Å². The fraction of sp³-hybridized carbons (Fsp3) is 0.0625. The zero-order valence-corrected chi connectivity index (χ0v) is 12.3. The molecule has 0 aliphatic heterocycles. The molecule has 0 spiro atoms. The molecular formula is C16H11BrFNO. The van der Waals surface area contributed by atoms with Gasteiger partial charge in [0.1, 0.15) is 5.82 Å². The fourth-order valence-corrected chi connectivity index (χ4v) is 2.49. The lowest BCUT2D eigenvalue weighted by molar-refractivity contribution is 0.401. The van der Waals surface area contributed by atoms with Crippen molar-refractivity contribution in [2.24, 2.45) is 0 Å². The highest BCUT2D eigenvalue weighted by Gasteiger charge is 2.13. The van der Waals surface area contributed by atoms with Crippen LogP contribution in [0.5, 0.6) is 5.88 Å². The Hall–Kier alpha value is -1.94. The number of fused-ring (bicyclic) bond motifs is 1. The minimum atomic E-state index is -0.310. The molecule has 0 unspecified atom stereocenters. The van der Waals surface area contributed by atoms with E-state index in [1.54, 1.807) is 12.1 Å². The fourth-order valence-electron chi connectivity index (χ4n) is 2.15. The molecule has 0 fully saturated rings. The molecule has 0 saturated heterocycles. The molecule has 0 atom stereocenters. The van der Waals surface area contributed by atoms with Crippen LogP contribution in [0.4, 0.5) is 4.39 Å². The summed E-state index contributed by atoms with van der Waals surface area (Å²) < 4.78 is 20.1. The zero-order chi connectivity index (χ0) is 14.1. The van der Waals surface area contributed by atoms with Crippen molar-refractivity contribution >= 4 is 26.8 Å². The molecule has 2 nitrogen and oxygen atoms in total. The third kappa shape index (κ3) is 2.27. The summed E-state index contributed by atoms with van der Waals surface area (Å²) in [4.78, 5) is 4.43. The number of ether oxygens (including phenoxy) is 1. The predicted octanol–water partition coefficient (Wildman–Crippen LogP) is 4.81. The Kier molecular flexibility index (Phi) is 3.40. The normalized spacial score (nSPS) is 10.8. The molecule has 4 heteroatoms. The molecular weight excluding hydrogens is 321 g/mol. The summed E-state index contributed by atoms with van der Waals surface area (Å²) in [5.41, 5.74) is 1.95. The summed E-state index contributed by atoms with van der Waals surface area (Å²) in [7, 11) is 1.54. The molecule has 0 bridgehead atoms. The lowest BCUT2D eigenvalue weighted by Crippen LogP contribution is -1.94. The van der Waals surface area contributed by atoms with E-state index >= 15 is 0 Å². The number of nitrogens with zero attached hydrogens (tertiary/aromatic N) is 1. The number of rotatable bonds is 2. The number of para-hydroxylation sites is 1. The van der Waals surface area contributed by atoms with Gasteiger partial charge < -0.3 is 4.74 Å². The first-order chi connectivity index (χ1) is 9.69. The van der Waals surface area contributed by atoms with Crippen molar-refractivity contribution in [3.63, 3.8) is 0 Å².